The van der Waals surface area contributed by atoms with Crippen molar-refractivity contribution in [1.82, 2.24) is 0 Å². The van der Waals surface area contributed by atoms with Gasteiger partial charge in [-0.1, -0.05) is 12.1 Å². The number of esters is 1. The number of ether oxygens (including phenoxy) is 2. The third-order valence-corrected chi connectivity index (χ3v) is 3.05. The number of Topliss-reactive ketones (excluding diaryl/α,β-unsaturated/α-hetero) is 1. The van der Waals surface area contributed by atoms with Crippen LogP contribution in [0.25, 0.3) is 0 Å². The molecule has 0 saturated heterocycles. The fraction of sp³-hybridized carbons (Fsp3) is 0.125. The van der Waals surface area contributed by atoms with Crippen LogP contribution in [0.4, 0.5) is 0 Å². The molecule has 0 aromatic heterocycles. The highest BCUT2D eigenvalue weighted by molar-refractivity contribution is 6.01. The van der Waals surface area contributed by atoms with E-state index in [0.29, 0.717) is 5.75 Å². The molecule has 0 atom stereocenters. The molecule has 0 aliphatic rings. The molecule has 0 fully saturated rings. The first-order chi connectivity index (χ1) is 10.9. The van der Waals surface area contributed by atoms with Gasteiger partial charge in [0.1, 0.15) is 5.75 Å². The Kier molecular flexibility index (Phi) is 4.70. The van der Waals surface area contributed by atoms with Crippen LogP contribution >= 0.6 is 0 Å². The second kappa shape index (κ2) is 6.69. The fourth-order valence-corrected chi connectivity index (χ4v) is 1.89. The summed E-state index contributed by atoms with van der Waals surface area (Å²) in [6.45, 7) is -0.540. The summed E-state index contributed by atoms with van der Waals surface area (Å²) in [7, 11) is 1.42. The predicted molar refractivity (Wildman–Crippen MR) is 79.0 cm³/mol. The molecule has 0 aliphatic heterocycles. The number of hydrogen-bond donors (Lipinski definition) is 3. The summed E-state index contributed by atoms with van der Waals surface area (Å²) < 4.78 is 9.89. The molecule has 0 unspecified atom stereocenters. The van der Waals surface area contributed by atoms with Crippen LogP contribution in [0.1, 0.15) is 20.7 Å². The van der Waals surface area contributed by atoms with Gasteiger partial charge in [-0.25, -0.2) is 4.79 Å². The summed E-state index contributed by atoms with van der Waals surface area (Å²) >= 11 is 0. The molecule has 7 heteroatoms. The highest BCUT2D eigenvalue weighted by Crippen LogP contribution is 2.35. The molecular weight excluding hydrogens is 304 g/mol. The first-order valence-corrected chi connectivity index (χ1v) is 6.52. The molecule has 2 aromatic carbocycles. The number of carbonyl (C=O) groups excluding carboxylic acids is 2. The smallest absolute Gasteiger partial charge is 0.338 e. The van der Waals surface area contributed by atoms with E-state index in [9.17, 15) is 24.9 Å². The highest BCUT2D eigenvalue weighted by atomic mass is 16.5. The largest absolute Gasteiger partial charge is 0.504 e. The molecule has 0 heterocycles. The van der Waals surface area contributed by atoms with E-state index in [4.69, 9.17) is 9.47 Å². The predicted octanol–water partition coefficient (Wildman–Crippen LogP) is 1.85. The molecule has 0 radical (unpaired) electrons. The third-order valence-electron chi connectivity index (χ3n) is 3.05. The Morgan fingerprint density at radius 3 is 2.26 bits per heavy atom. The maximum Gasteiger partial charge on any atom is 0.338 e. The number of hydrogen-bond acceptors (Lipinski definition) is 7. The van der Waals surface area contributed by atoms with Crippen molar-refractivity contribution in [3.05, 3.63) is 47.5 Å². The average Bonchev–Trinajstić information content (AvgIpc) is 2.56. The number of para-hydroxylation sites is 1. The minimum atomic E-state index is -0.932. The minimum Gasteiger partial charge on any atom is -0.504 e. The van der Waals surface area contributed by atoms with E-state index < -0.39 is 35.6 Å². The molecule has 0 spiro atoms. The Morgan fingerprint density at radius 1 is 1.04 bits per heavy atom. The Balaban J connectivity index is 2.09. The number of rotatable bonds is 5. The fourth-order valence-electron chi connectivity index (χ4n) is 1.89. The second-order valence-corrected chi connectivity index (χ2v) is 4.56. The van der Waals surface area contributed by atoms with Crippen LogP contribution in [-0.4, -0.2) is 40.8 Å². The summed E-state index contributed by atoms with van der Waals surface area (Å²) in [6.07, 6.45) is 0. The van der Waals surface area contributed by atoms with Gasteiger partial charge in [-0.2, -0.15) is 0 Å². The van der Waals surface area contributed by atoms with Gasteiger partial charge in [0.15, 0.2) is 23.9 Å². The number of aromatic hydroxyl groups is 3. The molecule has 0 bridgehead atoms. The number of phenols is 3. The van der Waals surface area contributed by atoms with Crippen molar-refractivity contribution in [2.45, 2.75) is 0 Å². The van der Waals surface area contributed by atoms with E-state index in [2.05, 4.69) is 0 Å². The van der Waals surface area contributed by atoms with Crippen molar-refractivity contribution in [3.8, 4) is 23.0 Å². The summed E-state index contributed by atoms with van der Waals surface area (Å²) in [5.41, 5.74) is 0.0600. The van der Waals surface area contributed by atoms with E-state index in [1.807, 2.05) is 0 Å². The summed E-state index contributed by atoms with van der Waals surface area (Å²) in [4.78, 5) is 23.9. The average molecular weight is 318 g/mol. The summed E-state index contributed by atoms with van der Waals surface area (Å²) in [5.74, 6) is -3.14. The van der Waals surface area contributed by atoms with E-state index in [0.717, 1.165) is 12.1 Å². The lowest BCUT2D eigenvalue weighted by Gasteiger charge is -2.09. The van der Waals surface area contributed by atoms with E-state index in [1.165, 1.54) is 13.2 Å². The summed E-state index contributed by atoms with van der Waals surface area (Å²) in [6, 6.07) is 8.32. The number of benzene rings is 2. The zero-order valence-corrected chi connectivity index (χ0v) is 12.1. The van der Waals surface area contributed by atoms with Crippen LogP contribution in [-0.2, 0) is 4.74 Å². The third kappa shape index (κ3) is 3.52. The van der Waals surface area contributed by atoms with Gasteiger partial charge in [0.2, 0.25) is 5.78 Å². The second-order valence-electron chi connectivity index (χ2n) is 4.56. The van der Waals surface area contributed by atoms with Crippen molar-refractivity contribution >= 4 is 11.8 Å². The zero-order chi connectivity index (χ0) is 17.0. The maximum absolute atomic E-state index is 12.1. The SMILES string of the molecule is COc1ccccc1C(=O)COC(=O)c1cc(O)c(O)c(O)c1. The van der Waals surface area contributed by atoms with Gasteiger partial charge < -0.3 is 24.8 Å². The van der Waals surface area contributed by atoms with Crippen LogP contribution in [0.3, 0.4) is 0 Å². The molecule has 3 N–H and O–H groups in total. The maximum atomic E-state index is 12.1. The van der Waals surface area contributed by atoms with Gasteiger partial charge in [-0.3, -0.25) is 4.79 Å². The molecule has 0 aliphatic carbocycles. The van der Waals surface area contributed by atoms with Crippen molar-refractivity contribution in [2.24, 2.45) is 0 Å². The summed E-state index contributed by atoms with van der Waals surface area (Å²) in [5, 5.41) is 27.9. The molecule has 2 rings (SSSR count). The van der Waals surface area contributed by atoms with Crippen LogP contribution in [0.5, 0.6) is 23.0 Å². The van der Waals surface area contributed by atoms with Crippen LogP contribution in [0, 0.1) is 0 Å². The minimum absolute atomic E-state index is 0.203. The first-order valence-electron chi connectivity index (χ1n) is 6.52. The monoisotopic (exact) mass is 318 g/mol. The van der Waals surface area contributed by atoms with Gasteiger partial charge in [-0.05, 0) is 24.3 Å². The number of ketones is 1. The first kappa shape index (κ1) is 16.2. The topological polar surface area (TPSA) is 113 Å². The van der Waals surface area contributed by atoms with E-state index in [-0.39, 0.29) is 11.1 Å². The molecule has 7 nitrogen and oxygen atoms in total. The van der Waals surface area contributed by atoms with Crippen molar-refractivity contribution in [1.29, 1.82) is 0 Å². The van der Waals surface area contributed by atoms with Crippen molar-refractivity contribution < 1.29 is 34.4 Å². The molecule has 120 valence electrons. The lowest BCUT2D eigenvalue weighted by atomic mass is 10.1. The van der Waals surface area contributed by atoms with Gasteiger partial charge in [0, 0.05) is 0 Å². The van der Waals surface area contributed by atoms with Gasteiger partial charge in [-0.15, -0.1) is 0 Å². The van der Waals surface area contributed by atoms with Gasteiger partial charge in [0.05, 0.1) is 18.2 Å². The van der Waals surface area contributed by atoms with E-state index in [1.54, 1.807) is 18.2 Å². The lowest BCUT2D eigenvalue weighted by Crippen LogP contribution is -2.15. The molecular formula is C16H14O7. The van der Waals surface area contributed by atoms with Gasteiger partial charge in [0.25, 0.3) is 0 Å². The number of phenolic OH excluding ortho intramolecular Hbond substituents is 3. The van der Waals surface area contributed by atoms with Gasteiger partial charge >= 0.3 is 5.97 Å². The lowest BCUT2D eigenvalue weighted by molar-refractivity contribution is 0.0473. The van der Waals surface area contributed by atoms with Crippen molar-refractivity contribution in [3.63, 3.8) is 0 Å². The highest BCUT2D eigenvalue weighted by Gasteiger charge is 2.17. The normalized spacial score (nSPS) is 10.1. The Morgan fingerprint density at radius 2 is 1.65 bits per heavy atom. The van der Waals surface area contributed by atoms with Crippen LogP contribution in [0.2, 0.25) is 0 Å². The molecule has 0 amide bonds. The Labute approximate surface area is 131 Å². The number of methoxy groups -OCH3 is 1. The van der Waals surface area contributed by atoms with Crippen LogP contribution in [0.15, 0.2) is 36.4 Å². The quantitative estimate of drug-likeness (QED) is 0.438. The Hall–Kier alpha value is -3.22. The standard InChI is InChI=1S/C16H14O7/c1-22-14-5-3-2-4-10(14)13(19)8-23-16(21)9-6-11(17)15(20)12(18)7-9/h2-7,17-18,20H,8H2,1H3. The van der Waals surface area contributed by atoms with E-state index >= 15 is 0 Å². The molecule has 2 aromatic rings. The zero-order valence-electron chi connectivity index (χ0n) is 12.1. The molecule has 0 saturated carbocycles. The van der Waals surface area contributed by atoms with Crippen molar-refractivity contribution in [2.75, 3.05) is 13.7 Å². The Bertz CT molecular complexity index is 729. The molecule has 23 heavy (non-hydrogen) atoms. The van der Waals surface area contributed by atoms with Crippen LogP contribution < -0.4 is 4.74 Å². The number of carbonyl (C=O) groups is 2.